The van der Waals surface area contributed by atoms with Gasteiger partial charge in [0, 0.05) is 17.5 Å². The van der Waals surface area contributed by atoms with Crippen LogP contribution >= 0.6 is 0 Å². The molecule has 5 nitrogen and oxygen atoms in total. The van der Waals surface area contributed by atoms with Crippen LogP contribution in [0.3, 0.4) is 0 Å². The van der Waals surface area contributed by atoms with E-state index in [9.17, 15) is 14.0 Å². The summed E-state index contributed by atoms with van der Waals surface area (Å²) in [6.07, 6.45) is 4.19. The van der Waals surface area contributed by atoms with Gasteiger partial charge < -0.3 is 15.2 Å². The number of rotatable bonds is 9. The van der Waals surface area contributed by atoms with Crippen LogP contribution in [0.1, 0.15) is 66.1 Å². The Labute approximate surface area is 211 Å². The molecule has 6 heteroatoms. The van der Waals surface area contributed by atoms with Gasteiger partial charge >= 0.3 is 5.97 Å². The smallest absolute Gasteiger partial charge is 0.305 e. The van der Waals surface area contributed by atoms with Crippen LogP contribution < -0.4 is 10.1 Å². The van der Waals surface area contributed by atoms with Crippen LogP contribution in [0.25, 0.3) is 0 Å². The van der Waals surface area contributed by atoms with Crippen molar-refractivity contribution in [2.45, 2.75) is 51.0 Å². The minimum atomic E-state index is -0.939. The van der Waals surface area contributed by atoms with Crippen LogP contribution in [0.15, 0.2) is 72.8 Å². The van der Waals surface area contributed by atoms with Crippen LogP contribution in [0.5, 0.6) is 5.75 Å². The predicted molar refractivity (Wildman–Crippen MR) is 137 cm³/mol. The standard InChI is InChI=1S/C30H32FNO4/c1-21-14-17-30(18-15-21,24-6-4-23(5-7-24)29(35)32-19-16-28(33)34)25-8-12-27(13-9-25)36-20-22-2-10-26(31)11-3-22/h2-13,21H,14-20H2,1H3,(H,32,35)(H,33,34). The number of benzene rings is 3. The van der Waals surface area contributed by atoms with Crippen LogP contribution in [-0.2, 0) is 16.8 Å². The molecule has 1 aliphatic rings. The number of hydrogen-bond acceptors (Lipinski definition) is 3. The summed E-state index contributed by atoms with van der Waals surface area (Å²) in [5.74, 6) is -0.0312. The number of carboxylic acids is 1. The van der Waals surface area contributed by atoms with E-state index in [1.165, 1.54) is 23.3 Å². The highest BCUT2D eigenvalue weighted by molar-refractivity contribution is 5.94. The molecule has 0 unspecified atom stereocenters. The first-order valence-corrected chi connectivity index (χ1v) is 12.4. The highest BCUT2D eigenvalue weighted by Crippen LogP contribution is 2.46. The van der Waals surface area contributed by atoms with Crippen LogP contribution in [0.4, 0.5) is 4.39 Å². The third-order valence-electron chi connectivity index (χ3n) is 7.18. The second kappa shape index (κ2) is 11.4. The molecule has 1 amide bonds. The van der Waals surface area contributed by atoms with Crippen molar-refractivity contribution in [1.82, 2.24) is 5.32 Å². The lowest BCUT2D eigenvalue weighted by atomic mass is 9.63. The van der Waals surface area contributed by atoms with Gasteiger partial charge in [-0.05, 0) is 84.7 Å². The maximum Gasteiger partial charge on any atom is 0.305 e. The zero-order valence-corrected chi connectivity index (χ0v) is 20.5. The molecule has 0 saturated heterocycles. The molecule has 1 fully saturated rings. The molecule has 0 atom stereocenters. The van der Waals surface area contributed by atoms with Crippen LogP contribution in [-0.4, -0.2) is 23.5 Å². The van der Waals surface area contributed by atoms with Gasteiger partial charge in [-0.1, -0.05) is 43.3 Å². The molecule has 1 saturated carbocycles. The maximum atomic E-state index is 13.1. The lowest BCUT2D eigenvalue weighted by Crippen LogP contribution is -2.33. The van der Waals surface area contributed by atoms with E-state index in [1.54, 1.807) is 12.1 Å². The van der Waals surface area contributed by atoms with Crippen molar-refractivity contribution in [3.05, 3.63) is 101 Å². The summed E-state index contributed by atoms with van der Waals surface area (Å²) in [6.45, 7) is 2.77. The molecule has 36 heavy (non-hydrogen) atoms. The molecular formula is C30H32FNO4. The van der Waals surface area contributed by atoms with Gasteiger partial charge in [-0.3, -0.25) is 9.59 Å². The summed E-state index contributed by atoms with van der Waals surface area (Å²) in [7, 11) is 0. The quantitative estimate of drug-likeness (QED) is 0.381. The van der Waals surface area contributed by atoms with E-state index in [0.717, 1.165) is 37.0 Å². The van der Waals surface area contributed by atoms with Crippen molar-refractivity contribution in [3.63, 3.8) is 0 Å². The number of amides is 1. The van der Waals surface area contributed by atoms with Crippen LogP contribution in [0.2, 0.25) is 0 Å². The Morgan fingerprint density at radius 1 is 0.944 bits per heavy atom. The summed E-state index contributed by atoms with van der Waals surface area (Å²) in [6, 6.07) is 22.2. The minimum Gasteiger partial charge on any atom is -0.489 e. The lowest BCUT2D eigenvalue weighted by Gasteiger charge is -2.41. The van der Waals surface area contributed by atoms with Gasteiger partial charge in [-0.25, -0.2) is 4.39 Å². The number of halogens is 1. The summed E-state index contributed by atoms with van der Waals surface area (Å²) in [5.41, 5.74) is 3.69. The van der Waals surface area contributed by atoms with Crippen molar-refractivity contribution in [2.75, 3.05) is 6.54 Å². The Balaban J connectivity index is 1.50. The average molecular weight is 490 g/mol. The first kappa shape index (κ1) is 25.4. The summed E-state index contributed by atoms with van der Waals surface area (Å²) in [5, 5.41) is 11.4. The van der Waals surface area contributed by atoms with E-state index >= 15 is 0 Å². The number of nitrogens with one attached hydrogen (secondary N) is 1. The van der Waals surface area contributed by atoms with E-state index < -0.39 is 5.97 Å². The fourth-order valence-corrected chi connectivity index (χ4v) is 4.94. The van der Waals surface area contributed by atoms with E-state index in [0.29, 0.717) is 18.1 Å². The average Bonchev–Trinajstić information content (AvgIpc) is 2.89. The van der Waals surface area contributed by atoms with E-state index in [2.05, 4.69) is 24.4 Å². The highest BCUT2D eigenvalue weighted by atomic mass is 19.1. The number of hydrogen-bond donors (Lipinski definition) is 2. The molecule has 1 aliphatic carbocycles. The first-order chi connectivity index (χ1) is 17.4. The number of ether oxygens (including phenoxy) is 1. The summed E-state index contributed by atoms with van der Waals surface area (Å²) < 4.78 is 19.0. The second-order valence-electron chi connectivity index (χ2n) is 9.68. The molecular weight excluding hydrogens is 457 g/mol. The van der Waals surface area contributed by atoms with E-state index in [1.807, 2.05) is 36.4 Å². The van der Waals surface area contributed by atoms with Crippen molar-refractivity contribution in [2.24, 2.45) is 5.92 Å². The maximum absolute atomic E-state index is 13.1. The molecule has 0 spiro atoms. The summed E-state index contributed by atoms with van der Waals surface area (Å²) in [4.78, 5) is 23.1. The SMILES string of the molecule is CC1CCC(c2ccc(OCc3ccc(F)cc3)cc2)(c2ccc(C(=O)NCCC(=O)O)cc2)CC1. The van der Waals surface area contributed by atoms with E-state index in [-0.39, 0.29) is 30.1 Å². The van der Waals surface area contributed by atoms with Crippen molar-refractivity contribution < 1.29 is 23.8 Å². The molecule has 3 aromatic carbocycles. The predicted octanol–water partition coefficient (Wildman–Crippen LogP) is 6.11. The number of carboxylic acid groups (broad SMARTS) is 1. The first-order valence-electron chi connectivity index (χ1n) is 12.4. The minimum absolute atomic E-state index is 0.102. The molecule has 188 valence electrons. The van der Waals surface area contributed by atoms with Gasteiger partial charge in [-0.15, -0.1) is 0 Å². The second-order valence-corrected chi connectivity index (χ2v) is 9.68. The molecule has 3 aromatic rings. The highest BCUT2D eigenvalue weighted by Gasteiger charge is 2.37. The third kappa shape index (κ3) is 6.11. The van der Waals surface area contributed by atoms with Crippen molar-refractivity contribution in [1.29, 1.82) is 0 Å². The van der Waals surface area contributed by atoms with Crippen molar-refractivity contribution >= 4 is 11.9 Å². The number of carbonyl (C=O) groups excluding carboxylic acids is 1. The Morgan fingerprint density at radius 3 is 2.11 bits per heavy atom. The van der Waals surface area contributed by atoms with Gasteiger partial charge in [0.1, 0.15) is 18.2 Å². The molecule has 2 N–H and O–H groups in total. The zero-order valence-electron chi connectivity index (χ0n) is 20.5. The fraction of sp³-hybridized carbons (Fsp3) is 0.333. The lowest BCUT2D eigenvalue weighted by molar-refractivity contribution is -0.136. The Kier molecular flexibility index (Phi) is 8.04. The number of aliphatic carboxylic acids is 1. The Morgan fingerprint density at radius 2 is 1.53 bits per heavy atom. The third-order valence-corrected chi connectivity index (χ3v) is 7.18. The Bertz CT molecular complexity index is 1170. The fourth-order valence-electron chi connectivity index (χ4n) is 4.94. The topological polar surface area (TPSA) is 75.6 Å². The normalized spacial score (nSPS) is 19.4. The van der Waals surface area contributed by atoms with Gasteiger partial charge in [0.05, 0.1) is 6.42 Å². The molecule has 0 bridgehead atoms. The summed E-state index contributed by atoms with van der Waals surface area (Å²) >= 11 is 0. The van der Waals surface area contributed by atoms with Gasteiger partial charge in [0.25, 0.3) is 5.91 Å². The molecule has 0 aromatic heterocycles. The van der Waals surface area contributed by atoms with Gasteiger partial charge in [0.2, 0.25) is 0 Å². The monoisotopic (exact) mass is 489 g/mol. The van der Waals surface area contributed by atoms with Crippen molar-refractivity contribution in [3.8, 4) is 5.75 Å². The van der Waals surface area contributed by atoms with Gasteiger partial charge in [-0.2, -0.15) is 0 Å². The molecule has 0 radical (unpaired) electrons. The van der Waals surface area contributed by atoms with Gasteiger partial charge in [0.15, 0.2) is 0 Å². The van der Waals surface area contributed by atoms with E-state index in [4.69, 9.17) is 9.84 Å². The zero-order chi connectivity index (χ0) is 25.5. The molecule has 0 heterocycles. The molecule has 4 rings (SSSR count). The molecule has 0 aliphatic heterocycles. The van der Waals surface area contributed by atoms with Crippen LogP contribution in [0, 0.1) is 11.7 Å². The Hall–Kier alpha value is -3.67. The largest absolute Gasteiger partial charge is 0.489 e. The number of carbonyl (C=O) groups is 2.